The van der Waals surface area contributed by atoms with Gasteiger partial charge in [0.05, 0.1) is 16.3 Å². The molecule has 0 bridgehead atoms. The average Bonchev–Trinajstić information content (AvgIpc) is 2.36. The molecule has 0 saturated heterocycles. The van der Waals surface area contributed by atoms with E-state index in [1.54, 1.807) is 11.3 Å². The van der Waals surface area contributed by atoms with E-state index in [1.165, 1.54) is 10.4 Å². The molecule has 2 heterocycles. The highest BCUT2D eigenvalue weighted by Gasteiger charge is 2.10. The van der Waals surface area contributed by atoms with Crippen molar-refractivity contribution in [1.29, 1.82) is 0 Å². The van der Waals surface area contributed by atoms with Gasteiger partial charge in [0.15, 0.2) is 0 Å². The Morgan fingerprint density at radius 3 is 3.30 bits per heavy atom. The van der Waals surface area contributed by atoms with Crippen molar-refractivity contribution in [2.45, 2.75) is 0 Å². The molecule has 0 aliphatic carbocycles. The topological polar surface area (TPSA) is 12.4 Å². The Morgan fingerprint density at radius 1 is 1.60 bits per heavy atom. The molecule has 0 aromatic carbocycles. The van der Waals surface area contributed by atoms with E-state index < -0.39 is 0 Å². The summed E-state index contributed by atoms with van der Waals surface area (Å²) in [6.45, 7) is 0.697. The van der Waals surface area contributed by atoms with Crippen molar-refractivity contribution in [2.75, 3.05) is 6.54 Å². The van der Waals surface area contributed by atoms with Gasteiger partial charge in [-0.05, 0) is 11.4 Å². The van der Waals surface area contributed by atoms with Gasteiger partial charge in [-0.25, -0.2) is 0 Å². The van der Waals surface area contributed by atoms with Gasteiger partial charge in [0.2, 0.25) is 0 Å². The maximum atomic E-state index is 5.11. The molecule has 1 nitrogen and oxygen atoms in total. The average molecular weight is 167 g/mol. The largest absolute Gasteiger partial charge is 0.287 e. The second-order valence-electron chi connectivity index (χ2n) is 2.10. The molecule has 1 aromatic rings. The molecule has 2 rings (SSSR count). The summed E-state index contributed by atoms with van der Waals surface area (Å²) in [6, 6.07) is 2.05. The zero-order valence-corrected chi connectivity index (χ0v) is 6.84. The molecule has 0 amide bonds. The Bertz CT molecular complexity index is 298. The van der Waals surface area contributed by atoms with E-state index in [4.69, 9.17) is 12.2 Å². The second-order valence-corrected chi connectivity index (χ2v) is 3.51. The van der Waals surface area contributed by atoms with Crippen LogP contribution in [0.1, 0.15) is 10.4 Å². The molecule has 1 aliphatic rings. The van der Waals surface area contributed by atoms with Gasteiger partial charge in [-0.1, -0.05) is 12.2 Å². The zero-order valence-electron chi connectivity index (χ0n) is 5.20. The standard InChI is InChI=1S/C7H5NS2/c9-6-4-8-3-5-1-2-10-7(5)6/h1-3H,4H2. The summed E-state index contributed by atoms with van der Waals surface area (Å²) in [6.07, 6.45) is 1.89. The maximum absolute atomic E-state index is 5.11. The van der Waals surface area contributed by atoms with E-state index in [0.29, 0.717) is 6.54 Å². The van der Waals surface area contributed by atoms with Gasteiger partial charge in [-0.15, -0.1) is 11.3 Å². The van der Waals surface area contributed by atoms with E-state index in [-0.39, 0.29) is 0 Å². The van der Waals surface area contributed by atoms with Gasteiger partial charge in [0.1, 0.15) is 0 Å². The van der Waals surface area contributed by atoms with Gasteiger partial charge in [-0.2, -0.15) is 0 Å². The lowest BCUT2D eigenvalue weighted by Crippen LogP contribution is -2.07. The molecule has 0 saturated carbocycles. The lowest BCUT2D eigenvalue weighted by Gasteiger charge is -2.03. The van der Waals surface area contributed by atoms with Gasteiger partial charge >= 0.3 is 0 Å². The smallest absolute Gasteiger partial charge is 0.0755 e. The van der Waals surface area contributed by atoms with Crippen LogP contribution in [0.5, 0.6) is 0 Å². The minimum atomic E-state index is 0.697. The molecule has 10 heavy (non-hydrogen) atoms. The van der Waals surface area contributed by atoms with Crippen LogP contribution in [0, 0.1) is 0 Å². The predicted octanol–water partition coefficient (Wildman–Crippen LogP) is 1.90. The van der Waals surface area contributed by atoms with Crippen molar-refractivity contribution >= 4 is 34.6 Å². The van der Waals surface area contributed by atoms with E-state index in [1.807, 2.05) is 11.6 Å². The predicted molar refractivity (Wildman–Crippen MR) is 48.5 cm³/mol. The molecule has 0 unspecified atom stereocenters. The van der Waals surface area contributed by atoms with Crippen LogP contribution in [0.2, 0.25) is 0 Å². The summed E-state index contributed by atoms with van der Waals surface area (Å²) in [7, 11) is 0. The van der Waals surface area contributed by atoms with Crippen LogP contribution in [-0.4, -0.2) is 17.6 Å². The quantitative estimate of drug-likeness (QED) is 0.538. The summed E-state index contributed by atoms with van der Waals surface area (Å²) in [5.74, 6) is 0. The number of aliphatic imine (C=N–C) groups is 1. The first kappa shape index (κ1) is 6.19. The summed E-state index contributed by atoms with van der Waals surface area (Å²) < 4.78 is 0. The zero-order chi connectivity index (χ0) is 6.97. The molecule has 0 N–H and O–H groups in total. The van der Waals surface area contributed by atoms with E-state index in [9.17, 15) is 0 Å². The Hall–Kier alpha value is -0.540. The molecule has 0 radical (unpaired) electrons. The summed E-state index contributed by atoms with van der Waals surface area (Å²) in [4.78, 5) is 6.32. The van der Waals surface area contributed by atoms with Crippen molar-refractivity contribution in [2.24, 2.45) is 4.99 Å². The molecule has 50 valence electrons. The third kappa shape index (κ3) is 0.822. The van der Waals surface area contributed by atoms with Crippen molar-refractivity contribution in [3.63, 3.8) is 0 Å². The molecule has 1 aliphatic heterocycles. The van der Waals surface area contributed by atoms with Crippen LogP contribution < -0.4 is 0 Å². The summed E-state index contributed by atoms with van der Waals surface area (Å²) >= 11 is 6.81. The molecule has 0 fully saturated rings. The lowest BCUT2D eigenvalue weighted by atomic mass is 10.2. The number of rotatable bonds is 0. The SMILES string of the molecule is S=C1CN=Cc2ccsc21. The summed E-state index contributed by atoms with van der Waals surface area (Å²) in [5, 5.41) is 2.05. The Morgan fingerprint density at radius 2 is 2.50 bits per heavy atom. The minimum Gasteiger partial charge on any atom is -0.287 e. The van der Waals surface area contributed by atoms with Crippen LogP contribution in [0.4, 0.5) is 0 Å². The first-order chi connectivity index (χ1) is 4.88. The molecular weight excluding hydrogens is 162 g/mol. The highest BCUT2D eigenvalue weighted by atomic mass is 32.1. The number of hydrogen-bond donors (Lipinski definition) is 0. The fourth-order valence-corrected chi connectivity index (χ4v) is 2.09. The van der Waals surface area contributed by atoms with Crippen LogP contribution in [-0.2, 0) is 0 Å². The third-order valence-corrected chi connectivity index (χ3v) is 2.87. The van der Waals surface area contributed by atoms with Crippen molar-refractivity contribution < 1.29 is 0 Å². The normalized spacial score (nSPS) is 15.4. The molecule has 3 heteroatoms. The van der Waals surface area contributed by atoms with Crippen molar-refractivity contribution in [3.8, 4) is 0 Å². The number of fused-ring (bicyclic) bond motifs is 1. The van der Waals surface area contributed by atoms with Gasteiger partial charge in [0.25, 0.3) is 0 Å². The monoisotopic (exact) mass is 167 g/mol. The van der Waals surface area contributed by atoms with Crippen LogP contribution in [0.25, 0.3) is 0 Å². The van der Waals surface area contributed by atoms with Gasteiger partial charge in [0, 0.05) is 11.8 Å². The Balaban J connectivity index is 2.62. The Labute approximate surface area is 68.4 Å². The molecule has 0 atom stereocenters. The highest BCUT2D eigenvalue weighted by Crippen LogP contribution is 2.19. The lowest BCUT2D eigenvalue weighted by molar-refractivity contribution is 1.32. The summed E-state index contributed by atoms with van der Waals surface area (Å²) in [5.41, 5.74) is 1.18. The van der Waals surface area contributed by atoms with E-state index in [2.05, 4.69) is 11.1 Å². The first-order valence-electron chi connectivity index (χ1n) is 2.98. The van der Waals surface area contributed by atoms with E-state index >= 15 is 0 Å². The number of thiocarbonyl (C=S) groups is 1. The van der Waals surface area contributed by atoms with Crippen LogP contribution in [0.3, 0.4) is 0 Å². The van der Waals surface area contributed by atoms with Crippen molar-refractivity contribution in [1.82, 2.24) is 0 Å². The first-order valence-corrected chi connectivity index (χ1v) is 4.27. The highest BCUT2D eigenvalue weighted by molar-refractivity contribution is 7.81. The van der Waals surface area contributed by atoms with Crippen LogP contribution in [0.15, 0.2) is 16.4 Å². The number of nitrogens with zero attached hydrogens (tertiary/aromatic N) is 1. The fraction of sp³-hybridized carbons (Fsp3) is 0.143. The van der Waals surface area contributed by atoms with Gasteiger partial charge in [-0.3, -0.25) is 4.99 Å². The number of hydrogen-bond acceptors (Lipinski definition) is 3. The molecule has 0 spiro atoms. The third-order valence-electron chi connectivity index (χ3n) is 1.41. The Kier molecular flexibility index (Phi) is 1.39. The van der Waals surface area contributed by atoms with E-state index in [0.717, 1.165) is 4.86 Å². The van der Waals surface area contributed by atoms with Crippen molar-refractivity contribution in [3.05, 3.63) is 21.9 Å². The van der Waals surface area contributed by atoms with Crippen LogP contribution >= 0.6 is 23.6 Å². The maximum Gasteiger partial charge on any atom is 0.0755 e. The molecule has 1 aromatic heterocycles. The molecular formula is C7H5NS2. The number of thiophene rings is 1. The second kappa shape index (κ2) is 2.25. The fourth-order valence-electron chi connectivity index (χ4n) is 0.946. The minimum absolute atomic E-state index is 0.697. The van der Waals surface area contributed by atoms with Gasteiger partial charge < -0.3 is 0 Å².